The average molecular weight is 460 g/mol. The molecular weight excluding hydrogens is 430 g/mol. The highest BCUT2D eigenvalue weighted by Gasteiger charge is 2.16. The Morgan fingerprint density at radius 2 is 1.59 bits per heavy atom. The molecule has 0 heterocycles. The molecule has 0 aliphatic rings. The van der Waals surface area contributed by atoms with E-state index in [0.717, 1.165) is 29.5 Å². The van der Waals surface area contributed by atoms with E-state index in [1.54, 1.807) is 25.3 Å². The highest BCUT2D eigenvalue weighted by atomic mass is 16.5. The molecule has 0 fully saturated rings. The number of aryl methyl sites for hydroxylation is 2. The van der Waals surface area contributed by atoms with E-state index in [2.05, 4.69) is 15.8 Å². The second-order valence-electron chi connectivity index (χ2n) is 7.50. The minimum absolute atomic E-state index is 0.413. The van der Waals surface area contributed by atoms with Gasteiger partial charge in [0.2, 0.25) is 0 Å². The third kappa shape index (κ3) is 6.45. The van der Waals surface area contributed by atoms with E-state index in [1.165, 1.54) is 6.21 Å². The van der Waals surface area contributed by atoms with Crippen LogP contribution in [0.2, 0.25) is 0 Å². The summed E-state index contributed by atoms with van der Waals surface area (Å²) >= 11 is 0. The molecule has 34 heavy (non-hydrogen) atoms. The SMILES string of the molecule is CCc1cccc(CC)c1NC(=O)C(=O)N/N=C\c1ccc(OCc2ccccc2)c(OC)c1. The van der Waals surface area contributed by atoms with E-state index < -0.39 is 11.8 Å². The Morgan fingerprint density at radius 1 is 0.882 bits per heavy atom. The fourth-order valence-electron chi connectivity index (χ4n) is 3.41. The highest BCUT2D eigenvalue weighted by molar-refractivity contribution is 6.39. The van der Waals surface area contributed by atoms with E-state index in [4.69, 9.17) is 9.47 Å². The number of ether oxygens (including phenoxy) is 2. The van der Waals surface area contributed by atoms with Gasteiger partial charge in [0.25, 0.3) is 0 Å². The summed E-state index contributed by atoms with van der Waals surface area (Å²) in [5.41, 5.74) is 6.63. The second-order valence-corrected chi connectivity index (χ2v) is 7.50. The van der Waals surface area contributed by atoms with E-state index in [-0.39, 0.29) is 0 Å². The van der Waals surface area contributed by atoms with E-state index >= 15 is 0 Å². The number of benzene rings is 3. The Labute approximate surface area is 199 Å². The minimum Gasteiger partial charge on any atom is -0.493 e. The molecule has 3 aromatic rings. The van der Waals surface area contributed by atoms with Crippen molar-refractivity contribution in [2.75, 3.05) is 12.4 Å². The van der Waals surface area contributed by atoms with Gasteiger partial charge in [-0.2, -0.15) is 5.10 Å². The molecule has 0 spiro atoms. The molecule has 0 radical (unpaired) electrons. The van der Waals surface area contributed by atoms with Gasteiger partial charge in [-0.25, -0.2) is 5.43 Å². The number of nitrogens with zero attached hydrogens (tertiary/aromatic N) is 1. The molecular formula is C27H29N3O4. The summed E-state index contributed by atoms with van der Waals surface area (Å²) in [6.07, 6.45) is 2.93. The lowest BCUT2D eigenvalue weighted by atomic mass is 10.0. The Hall–Kier alpha value is -4.13. The maximum absolute atomic E-state index is 12.4. The number of nitrogens with one attached hydrogen (secondary N) is 2. The Kier molecular flexibility index (Phi) is 8.80. The van der Waals surface area contributed by atoms with Crippen molar-refractivity contribution in [2.45, 2.75) is 33.3 Å². The molecule has 0 aliphatic heterocycles. The fourth-order valence-corrected chi connectivity index (χ4v) is 3.41. The van der Waals surface area contributed by atoms with Crippen molar-refractivity contribution >= 4 is 23.7 Å². The summed E-state index contributed by atoms with van der Waals surface area (Å²) in [6.45, 7) is 4.42. The van der Waals surface area contributed by atoms with Crippen LogP contribution in [0.25, 0.3) is 0 Å². The van der Waals surface area contributed by atoms with E-state index in [9.17, 15) is 9.59 Å². The topological polar surface area (TPSA) is 89.0 Å². The van der Waals surface area contributed by atoms with E-state index in [1.807, 2.05) is 62.4 Å². The van der Waals surface area contributed by atoms with Crippen molar-refractivity contribution in [3.8, 4) is 11.5 Å². The van der Waals surface area contributed by atoms with Crippen molar-refractivity contribution in [2.24, 2.45) is 5.10 Å². The maximum Gasteiger partial charge on any atom is 0.329 e. The number of carbonyl (C=O) groups is 2. The van der Waals surface area contributed by atoms with Gasteiger partial charge in [0.1, 0.15) is 6.61 Å². The lowest BCUT2D eigenvalue weighted by Gasteiger charge is -2.13. The van der Waals surface area contributed by atoms with Gasteiger partial charge < -0.3 is 14.8 Å². The Morgan fingerprint density at radius 3 is 2.24 bits per heavy atom. The quantitative estimate of drug-likeness (QED) is 0.280. The third-order valence-electron chi connectivity index (χ3n) is 5.25. The summed E-state index contributed by atoms with van der Waals surface area (Å²) in [5, 5.41) is 6.63. The smallest absolute Gasteiger partial charge is 0.329 e. The van der Waals surface area contributed by atoms with Crippen molar-refractivity contribution in [1.29, 1.82) is 0 Å². The molecule has 7 heteroatoms. The zero-order valence-corrected chi connectivity index (χ0v) is 19.6. The van der Waals surface area contributed by atoms with Gasteiger partial charge in [-0.1, -0.05) is 62.4 Å². The van der Waals surface area contributed by atoms with Crippen LogP contribution in [0.4, 0.5) is 5.69 Å². The van der Waals surface area contributed by atoms with Crippen LogP contribution in [0, 0.1) is 0 Å². The van der Waals surface area contributed by atoms with Gasteiger partial charge in [0, 0.05) is 5.69 Å². The van der Waals surface area contributed by atoms with Gasteiger partial charge in [-0.3, -0.25) is 9.59 Å². The first kappa shape index (κ1) is 24.5. The predicted molar refractivity (Wildman–Crippen MR) is 133 cm³/mol. The number of methoxy groups -OCH3 is 1. The number of para-hydroxylation sites is 1. The van der Waals surface area contributed by atoms with Crippen molar-refractivity contribution in [3.05, 3.63) is 89.0 Å². The van der Waals surface area contributed by atoms with Crippen LogP contribution in [0.15, 0.2) is 71.8 Å². The molecule has 0 aliphatic carbocycles. The fraction of sp³-hybridized carbons (Fsp3) is 0.222. The molecule has 0 unspecified atom stereocenters. The number of hydrazone groups is 1. The summed E-state index contributed by atoms with van der Waals surface area (Å²) in [5.74, 6) is -0.491. The van der Waals surface area contributed by atoms with Crippen LogP contribution in [0.1, 0.15) is 36.1 Å². The molecule has 2 amide bonds. The number of anilines is 1. The summed E-state index contributed by atoms with van der Waals surface area (Å²) in [4.78, 5) is 24.6. The third-order valence-corrected chi connectivity index (χ3v) is 5.25. The zero-order chi connectivity index (χ0) is 24.3. The summed E-state index contributed by atoms with van der Waals surface area (Å²) in [6, 6.07) is 20.9. The predicted octanol–water partition coefficient (Wildman–Crippen LogP) is 4.49. The normalized spacial score (nSPS) is 10.7. The van der Waals surface area contributed by atoms with Crippen LogP contribution in [-0.4, -0.2) is 25.1 Å². The zero-order valence-electron chi connectivity index (χ0n) is 19.6. The molecule has 3 aromatic carbocycles. The molecule has 2 N–H and O–H groups in total. The Balaban J connectivity index is 1.60. The van der Waals surface area contributed by atoms with Crippen LogP contribution in [-0.2, 0) is 29.0 Å². The first-order chi connectivity index (χ1) is 16.5. The first-order valence-corrected chi connectivity index (χ1v) is 11.2. The molecule has 0 aromatic heterocycles. The van der Waals surface area contributed by atoms with Gasteiger partial charge in [0.05, 0.1) is 13.3 Å². The largest absolute Gasteiger partial charge is 0.493 e. The molecule has 3 rings (SSSR count). The second kappa shape index (κ2) is 12.2. The lowest BCUT2D eigenvalue weighted by Crippen LogP contribution is -2.33. The molecule has 0 saturated carbocycles. The van der Waals surface area contributed by atoms with Gasteiger partial charge in [0.15, 0.2) is 11.5 Å². The number of rotatable bonds is 9. The summed E-state index contributed by atoms with van der Waals surface area (Å²) < 4.78 is 11.3. The van der Waals surface area contributed by atoms with Crippen molar-refractivity contribution < 1.29 is 19.1 Å². The van der Waals surface area contributed by atoms with E-state index in [0.29, 0.717) is 29.4 Å². The van der Waals surface area contributed by atoms with Gasteiger partial charge >= 0.3 is 11.8 Å². The van der Waals surface area contributed by atoms with Crippen LogP contribution in [0.5, 0.6) is 11.5 Å². The van der Waals surface area contributed by atoms with Gasteiger partial charge in [-0.15, -0.1) is 0 Å². The lowest BCUT2D eigenvalue weighted by molar-refractivity contribution is -0.136. The van der Waals surface area contributed by atoms with Crippen molar-refractivity contribution in [3.63, 3.8) is 0 Å². The number of carbonyl (C=O) groups excluding carboxylic acids is 2. The average Bonchev–Trinajstić information content (AvgIpc) is 2.88. The van der Waals surface area contributed by atoms with Crippen molar-refractivity contribution in [1.82, 2.24) is 5.43 Å². The molecule has 0 atom stereocenters. The molecule has 0 saturated heterocycles. The highest BCUT2D eigenvalue weighted by Crippen LogP contribution is 2.28. The standard InChI is InChI=1S/C27H29N3O4/c1-4-21-12-9-13-22(5-2)25(21)29-26(31)27(32)30-28-17-20-14-15-23(24(16-20)33-3)34-18-19-10-7-6-8-11-19/h6-17H,4-5,18H2,1-3H3,(H,29,31)(H,30,32)/b28-17-. The Bertz CT molecular complexity index is 1140. The minimum atomic E-state index is -0.848. The number of hydrogen-bond donors (Lipinski definition) is 2. The maximum atomic E-state index is 12.4. The monoisotopic (exact) mass is 459 g/mol. The summed E-state index contributed by atoms with van der Waals surface area (Å²) in [7, 11) is 1.55. The molecule has 7 nitrogen and oxygen atoms in total. The van der Waals surface area contributed by atoms with Crippen LogP contribution < -0.4 is 20.2 Å². The molecule has 176 valence electrons. The first-order valence-electron chi connectivity index (χ1n) is 11.2. The number of hydrogen-bond acceptors (Lipinski definition) is 5. The van der Waals surface area contributed by atoms with Gasteiger partial charge in [-0.05, 0) is 53.3 Å². The van der Waals surface area contributed by atoms with Crippen LogP contribution in [0.3, 0.4) is 0 Å². The van der Waals surface area contributed by atoms with Crippen LogP contribution >= 0.6 is 0 Å². The molecule has 0 bridgehead atoms. The number of amides is 2.